The van der Waals surface area contributed by atoms with Crippen molar-refractivity contribution in [2.75, 3.05) is 25.6 Å². The lowest BCUT2D eigenvalue weighted by molar-refractivity contribution is 0.0526. The van der Waals surface area contributed by atoms with E-state index in [4.69, 9.17) is 4.74 Å². The molecule has 0 bridgehead atoms. The van der Waals surface area contributed by atoms with Gasteiger partial charge in [-0.3, -0.25) is 4.57 Å². The summed E-state index contributed by atoms with van der Waals surface area (Å²) in [6, 6.07) is 18.6. The molecule has 0 radical (unpaired) electrons. The van der Waals surface area contributed by atoms with Crippen molar-refractivity contribution in [1.29, 1.82) is 0 Å². The van der Waals surface area contributed by atoms with Gasteiger partial charge in [0.05, 0.1) is 29.9 Å². The maximum absolute atomic E-state index is 13.4. The number of hydrogen-bond acceptors (Lipinski definition) is 5. The number of benzene rings is 2. The number of carbonyl (C=O) groups excluding carboxylic acids is 1. The molecule has 31 heavy (non-hydrogen) atoms. The van der Waals surface area contributed by atoms with Crippen LogP contribution < -0.4 is 10.6 Å². The average molecular weight is 416 g/mol. The number of aromatic nitrogens is 3. The molecule has 7 nitrogen and oxygen atoms in total. The summed E-state index contributed by atoms with van der Waals surface area (Å²) in [5.74, 6) is -0.421. The first-order valence-electron chi connectivity index (χ1n) is 10.1. The molecular formula is C24H24N4O3. The molecule has 158 valence electrons. The molecule has 2 aromatic heterocycles. The van der Waals surface area contributed by atoms with Crippen molar-refractivity contribution in [3.63, 3.8) is 0 Å². The van der Waals surface area contributed by atoms with Crippen LogP contribution in [0.5, 0.6) is 0 Å². The van der Waals surface area contributed by atoms with E-state index in [1.165, 1.54) is 4.57 Å². The van der Waals surface area contributed by atoms with Crippen molar-refractivity contribution < 1.29 is 9.53 Å². The Balaban J connectivity index is 1.80. The number of esters is 1. The average Bonchev–Trinajstić information content (AvgIpc) is 3.06. The first-order valence-corrected chi connectivity index (χ1v) is 10.1. The topological polar surface area (TPSA) is 69.4 Å². The van der Waals surface area contributed by atoms with Gasteiger partial charge in [0.1, 0.15) is 0 Å². The predicted octanol–water partition coefficient (Wildman–Crippen LogP) is 3.48. The zero-order valence-electron chi connectivity index (χ0n) is 17.8. The fraction of sp³-hybridized carbons (Fsp3) is 0.208. The van der Waals surface area contributed by atoms with Crippen molar-refractivity contribution in [3.8, 4) is 5.69 Å². The highest BCUT2D eigenvalue weighted by Crippen LogP contribution is 2.19. The lowest BCUT2D eigenvalue weighted by Crippen LogP contribution is -2.24. The number of hydrogen-bond donors (Lipinski definition) is 0. The third-order valence-corrected chi connectivity index (χ3v) is 5.10. The Kier molecular flexibility index (Phi) is 5.58. The Morgan fingerprint density at radius 1 is 1.06 bits per heavy atom. The summed E-state index contributed by atoms with van der Waals surface area (Å²) in [6.45, 7) is 2.46. The molecule has 0 unspecified atom stereocenters. The minimum atomic E-state index is -0.421. The van der Waals surface area contributed by atoms with Gasteiger partial charge in [0, 0.05) is 26.0 Å². The summed E-state index contributed by atoms with van der Waals surface area (Å²) < 4.78 is 8.33. The Morgan fingerprint density at radius 3 is 2.55 bits per heavy atom. The molecule has 0 saturated heterocycles. The Hall–Kier alpha value is -3.87. The highest BCUT2D eigenvalue weighted by atomic mass is 16.5. The van der Waals surface area contributed by atoms with Crippen LogP contribution in [0.15, 0.2) is 71.7 Å². The highest BCUT2D eigenvalue weighted by Gasteiger charge is 2.17. The van der Waals surface area contributed by atoms with E-state index in [-0.39, 0.29) is 12.3 Å². The van der Waals surface area contributed by atoms with E-state index in [1.807, 2.05) is 55.4 Å². The first kappa shape index (κ1) is 20.4. The largest absolute Gasteiger partial charge is 0.462 e. The summed E-state index contributed by atoms with van der Waals surface area (Å²) in [5, 5.41) is 0. The molecular weight excluding hydrogens is 392 g/mol. The van der Waals surface area contributed by atoms with Crippen LogP contribution in [0, 0.1) is 0 Å². The fourth-order valence-corrected chi connectivity index (χ4v) is 3.54. The number of anilines is 1. The molecule has 7 heteroatoms. The predicted molar refractivity (Wildman–Crippen MR) is 121 cm³/mol. The van der Waals surface area contributed by atoms with Crippen LogP contribution in [-0.2, 0) is 11.3 Å². The first-order chi connectivity index (χ1) is 15.0. The molecule has 4 rings (SSSR count). The summed E-state index contributed by atoms with van der Waals surface area (Å²) in [6.07, 6.45) is 1.66. The van der Waals surface area contributed by atoms with Gasteiger partial charge in [0.2, 0.25) is 0 Å². The minimum absolute atomic E-state index is 0.216. The molecule has 0 amide bonds. The van der Waals surface area contributed by atoms with E-state index in [0.717, 1.165) is 16.8 Å². The van der Waals surface area contributed by atoms with Gasteiger partial charge in [-0.05, 0) is 55.0 Å². The quantitative estimate of drug-likeness (QED) is 0.450. The van der Waals surface area contributed by atoms with Crippen LogP contribution in [0.4, 0.5) is 5.69 Å². The number of fused-ring (bicyclic) bond motifs is 1. The van der Waals surface area contributed by atoms with Crippen molar-refractivity contribution in [1.82, 2.24) is 14.1 Å². The SMILES string of the molecule is CCOC(=O)c1cccc(-n2c(=O)n(Cc3ccc(N(C)C)cc3)c3cccnc32)c1. The van der Waals surface area contributed by atoms with Crippen LogP contribution in [0.2, 0.25) is 0 Å². The van der Waals surface area contributed by atoms with Gasteiger partial charge in [-0.15, -0.1) is 0 Å². The molecule has 2 aromatic carbocycles. The number of carbonyl (C=O) groups is 1. The second kappa shape index (κ2) is 8.47. The van der Waals surface area contributed by atoms with Crippen LogP contribution in [-0.4, -0.2) is 40.8 Å². The lowest BCUT2D eigenvalue weighted by atomic mass is 10.2. The minimum Gasteiger partial charge on any atom is -0.462 e. The van der Waals surface area contributed by atoms with Crippen LogP contribution >= 0.6 is 0 Å². The maximum Gasteiger partial charge on any atom is 0.338 e. The van der Waals surface area contributed by atoms with Crippen LogP contribution in [0.3, 0.4) is 0 Å². The van der Waals surface area contributed by atoms with Crippen LogP contribution in [0.1, 0.15) is 22.8 Å². The van der Waals surface area contributed by atoms with Gasteiger partial charge in [-0.1, -0.05) is 18.2 Å². The maximum atomic E-state index is 13.4. The second-order valence-electron chi connectivity index (χ2n) is 7.38. The van der Waals surface area contributed by atoms with Crippen molar-refractivity contribution in [3.05, 3.63) is 88.5 Å². The number of imidazole rings is 1. The summed E-state index contributed by atoms with van der Waals surface area (Å²) in [7, 11) is 3.98. The van der Waals surface area contributed by atoms with E-state index in [9.17, 15) is 9.59 Å². The van der Waals surface area contributed by atoms with E-state index in [2.05, 4.69) is 4.98 Å². The van der Waals surface area contributed by atoms with E-state index >= 15 is 0 Å². The standard InChI is InChI=1S/C24H24N4O3/c1-4-31-23(29)18-7-5-8-20(15-18)28-22-21(9-6-14-25-22)27(24(28)30)16-17-10-12-19(13-11-17)26(2)3/h5-15H,4,16H2,1-3H3. The Bertz CT molecular complexity index is 1290. The monoisotopic (exact) mass is 416 g/mol. The fourth-order valence-electron chi connectivity index (χ4n) is 3.54. The normalized spacial score (nSPS) is 10.9. The molecule has 0 aliphatic carbocycles. The van der Waals surface area contributed by atoms with Gasteiger partial charge < -0.3 is 9.64 Å². The zero-order chi connectivity index (χ0) is 22.0. The molecule has 0 atom stereocenters. The van der Waals surface area contributed by atoms with Crippen molar-refractivity contribution in [2.24, 2.45) is 0 Å². The van der Waals surface area contributed by atoms with Crippen molar-refractivity contribution in [2.45, 2.75) is 13.5 Å². The van der Waals surface area contributed by atoms with Gasteiger partial charge >= 0.3 is 11.7 Å². The smallest absolute Gasteiger partial charge is 0.338 e. The lowest BCUT2D eigenvalue weighted by Gasteiger charge is -2.12. The third kappa shape index (κ3) is 3.94. The summed E-state index contributed by atoms with van der Waals surface area (Å²) >= 11 is 0. The van der Waals surface area contributed by atoms with Crippen molar-refractivity contribution >= 4 is 22.8 Å². The molecule has 0 spiro atoms. The van der Waals surface area contributed by atoms with Gasteiger partial charge in [-0.2, -0.15) is 0 Å². The van der Waals surface area contributed by atoms with Gasteiger partial charge in [-0.25, -0.2) is 19.1 Å². The third-order valence-electron chi connectivity index (χ3n) is 5.10. The zero-order valence-corrected chi connectivity index (χ0v) is 17.8. The summed E-state index contributed by atoms with van der Waals surface area (Å²) in [5.41, 5.74) is 4.12. The number of ether oxygens (including phenoxy) is 1. The number of rotatable bonds is 6. The molecule has 0 saturated carbocycles. The van der Waals surface area contributed by atoms with E-state index in [1.54, 1.807) is 42.0 Å². The molecule has 2 heterocycles. The molecule has 0 fully saturated rings. The number of nitrogens with zero attached hydrogens (tertiary/aromatic N) is 4. The highest BCUT2D eigenvalue weighted by molar-refractivity contribution is 5.90. The van der Waals surface area contributed by atoms with Crippen LogP contribution in [0.25, 0.3) is 16.9 Å². The van der Waals surface area contributed by atoms with E-state index in [0.29, 0.717) is 23.4 Å². The summed E-state index contributed by atoms with van der Waals surface area (Å²) in [4.78, 5) is 32.1. The Labute approximate surface area is 180 Å². The molecule has 4 aromatic rings. The van der Waals surface area contributed by atoms with E-state index < -0.39 is 5.97 Å². The second-order valence-corrected chi connectivity index (χ2v) is 7.38. The Morgan fingerprint density at radius 2 is 1.84 bits per heavy atom. The molecule has 0 aliphatic rings. The molecule has 0 N–H and O–H groups in total. The van der Waals surface area contributed by atoms with Gasteiger partial charge in [0.25, 0.3) is 0 Å². The number of pyridine rings is 1. The van der Waals surface area contributed by atoms with Gasteiger partial charge in [0.15, 0.2) is 5.65 Å². The molecule has 0 aliphatic heterocycles.